The fourth-order valence-corrected chi connectivity index (χ4v) is 2.69. The van der Waals surface area contributed by atoms with Crippen molar-refractivity contribution in [1.82, 2.24) is 20.0 Å². The van der Waals surface area contributed by atoms with Gasteiger partial charge in [-0.25, -0.2) is 20.8 Å². The van der Waals surface area contributed by atoms with Gasteiger partial charge >= 0.3 is 0 Å². The maximum atomic E-state index is 6.08. The lowest BCUT2D eigenvalue weighted by Crippen LogP contribution is -2.25. The van der Waals surface area contributed by atoms with Crippen molar-refractivity contribution >= 4 is 33.9 Å². The number of rotatable bonds is 5. The van der Waals surface area contributed by atoms with E-state index >= 15 is 0 Å². The maximum Gasteiger partial charge on any atom is 0.133 e. The molecule has 186 valence electrons. The Morgan fingerprint density at radius 3 is 2.21 bits per heavy atom. The fraction of sp³-hybridized carbons (Fsp3) is 0.400. The average molecular weight is 468 g/mol. The second kappa shape index (κ2) is 14.0. The van der Waals surface area contributed by atoms with Crippen molar-refractivity contribution in [3.05, 3.63) is 54.1 Å². The summed E-state index contributed by atoms with van der Waals surface area (Å²) in [5, 5.41) is 6.15. The summed E-state index contributed by atoms with van der Waals surface area (Å²) in [5.74, 6) is 8.26. The van der Waals surface area contributed by atoms with Crippen molar-refractivity contribution in [3.8, 4) is 0 Å². The molecule has 3 rings (SSSR count). The van der Waals surface area contributed by atoms with Crippen molar-refractivity contribution < 1.29 is 0 Å². The number of hydrazine groups is 1. The molecule has 9 heteroatoms. The lowest BCUT2D eigenvalue weighted by atomic mass is 10.1. The molecule has 0 radical (unpaired) electrons. The van der Waals surface area contributed by atoms with Gasteiger partial charge in [-0.2, -0.15) is 0 Å². The first-order valence-corrected chi connectivity index (χ1v) is 11.5. The molecule has 0 aliphatic carbocycles. The Balaban J connectivity index is 0.000000732. The molecular formula is C25H41N9. The van der Waals surface area contributed by atoms with E-state index in [1.54, 1.807) is 19.4 Å². The minimum atomic E-state index is -0.0822. The van der Waals surface area contributed by atoms with E-state index in [0.717, 1.165) is 22.3 Å². The highest BCUT2D eigenvalue weighted by Gasteiger charge is 2.11. The molecule has 0 aromatic carbocycles. The molecule has 0 saturated carbocycles. The summed E-state index contributed by atoms with van der Waals surface area (Å²) < 4.78 is 0. The first-order valence-electron chi connectivity index (χ1n) is 11.5. The van der Waals surface area contributed by atoms with E-state index in [-0.39, 0.29) is 6.04 Å². The van der Waals surface area contributed by atoms with Crippen molar-refractivity contribution in [2.75, 3.05) is 18.1 Å². The third kappa shape index (κ3) is 8.84. The summed E-state index contributed by atoms with van der Waals surface area (Å²) in [6.07, 6.45) is 6.01. The second-order valence-corrected chi connectivity index (χ2v) is 8.67. The predicted octanol–water partition coefficient (Wildman–Crippen LogP) is 4.51. The van der Waals surface area contributed by atoms with Crippen LogP contribution in [-0.2, 0) is 0 Å². The molecule has 0 aliphatic heterocycles. The zero-order valence-electron chi connectivity index (χ0n) is 21.5. The molecule has 0 bridgehead atoms. The van der Waals surface area contributed by atoms with E-state index in [1.807, 2.05) is 31.2 Å². The molecule has 9 nitrogen and oxygen atoms in total. The molecule has 1 unspecified atom stereocenters. The molecule has 9 N–H and O–H groups in total. The minimum absolute atomic E-state index is 0.0822. The van der Waals surface area contributed by atoms with Gasteiger partial charge in [0.05, 0.1) is 11.4 Å². The molecule has 34 heavy (non-hydrogen) atoms. The van der Waals surface area contributed by atoms with Gasteiger partial charge in [0.25, 0.3) is 0 Å². The Kier molecular flexibility index (Phi) is 11.8. The molecule has 1 atom stereocenters. The zero-order chi connectivity index (χ0) is 25.8. The van der Waals surface area contributed by atoms with Gasteiger partial charge in [0.1, 0.15) is 17.5 Å². The van der Waals surface area contributed by atoms with Crippen LogP contribution in [-0.4, -0.2) is 27.0 Å². The smallest absolute Gasteiger partial charge is 0.133 e. The van der Waals surface area contributed by atoms with Crippen LogP contribution in [0.15, 0.2) is 42.9 Å². The molecule has 0 saturated heterocycles. The highest BCUT2D eigenvalue weighted by atomic mass is 15.4. The number of pyridine rings is 3. The number of hydrogen-bond acceptors (Lipinski definition) is 9. The standard InChI is InChI=1S/C18H23N9.C4H10.C3H8/c1-10(20)11-3-4-23-16(6-11)26-17-7-12-5-14(15(8-19)27(2)22)25-18(21)13(12)9-24-17;1-4(2)3;1-3-2/h3-10H,19-20,22H2,1-2H3,(H2,21,25)(H,23,24,26);4H,1-3H3;3H2,1-2H3/b15-8-;;. The van der Waals surface area contributed by atoms with E-state index in [4.69, 9.17) is 23.0 Å². The van der Waals surface area contributed by atoms with E-state index in [0.29, 0.717) is 28.8 Å². The highest BCUT2D eigenvalue weighted by molar-refractivity contribution is 5.93. The molecule has 3 aromatic rings. The average Bonchev–Trinajstić information content (AvgIpc) is 2.74. The summed E-state index contributed by atoms with van der Waals surface area (Å²) in [6, 6.07) is 7.41. The molecular weight excluding hydrogens is 426 g/mol. The molecule has 3 heterocycles. The van der Waals surface area contributed by atoms with Crippen molar-refractivity contribution in [3.63, 3.8) is 0 Å². The van der Waals surface area contributed by atoms with Crippen LogP contribution in [0.25, 0.3) is 16.5 Å². The number of anilines is 3. The van der Waals surface area contributed by atoms with Crippen molar-refractivity contribution in [2.45, 2.75) is 54.0 Å². The largest absolute Gasteiger partial charge is 0.403 e. The number of aromatic nitrogens is 3. The van der Waals surface area contributed by atoms with Crippen molar-refractivity contribution in [1.29, 1.82) is 0 Å². The summed E-state index contributed by atoms with van der Waals surface area (Å²) >= 11 is 0. The van der Waals surface area contributed by atoms with E-state index in [2.05, 4.69) is 54.9 Å². The summed E-state index contributed by atoms with van der Waals surface area (Å²) in [4.78, 5) is 13.1. The van der Waals surface area contributed by atoms with Gasteiger partial charge in [0.15, 0.2) is 0 Å². The first kappa shape index (κ1) is 28.6. The predicted molar refractivity (Wildman–Crippen MR) is 145 cm³/mol. The second-order valence-electron chi connectivity index (χ2n) is 8.67. The molecule has 0 spiro atoms. The van der Waals surface area contributed by atoms with Crippen molar-refractivity contribution in [2.24, 2.45) is 23.2 Å². The number of nitrogens with one attached hydrogen (secondary N) is 1. The first-order chi connectivity index (χ1) is 16.0. The van der Waals surface area contributed by atoms with Crippen LogP contribution in [0.2, 0.25) is 0 Å². The summed E-state index contributed by atoms with van der Waals surface area (Å²) in [7, 11) is 1.68. The number of nitrogens with two attached hydrogens (primary N) is 4. The van der Waals surface area contributed by atoms with E-state index < -0.39 is 0 Å². The molecule has 0 fully saturated rings. The van der Waals surface area contributed by atoms with Gasteiger partial charge in [0.2, 0.25) is 0 Å². The SMILES string of the molecule is CC(C)C.CC(N)c1ccnc(Nc2cc3cc(/C(=C/N)N(C)N)nc(N)c3cn2)c1.CCC. The highest BCUT2D eigenvalue weighted by Crippen LogP contribution is 2.26. The van der Waals surface area contributed by atoms with Crippen LogP contribution >= 0.6 is 0 Å². The quantitative estimate of drug-likeness (QED) is 0.269. The number of fused-ring (bicyclic) bond motifs is 1. The minimum Gasteiger partial charge on any atom is -0.403 e. The van der Waals surface area contributed by atoms with Crippen LogP contribution in [0.1, 0.15) is 65.3 Å². The number of nitrogen functional groups attached to an aromatic ring is 1. The van der Waals surface area contributed by atoms with Gasteiger partial charge < -0.3 is 27.5 Å². The van der Waals surface area contributed by atoms with Crippen LogP contribution in [0.4, 0.5) is 17.5 Å². The number of hydrogen-bond donors (Lipinski definition) is 5. The fourth-order valence-electron chi connectivity index (χ4n) is 2.69. The summed E-state index contributed by atoms with van der Waals surface area (Å²) in [6.45, 7) is 12.7. The third-order valence-corrected chi connectivity index (χ3v) is 4.11. The lowest BCUT2D eigenvalue weighted by Gasteiger charge is -2.16. The Hall–Kier alpha value is -3.43. The zero-order valence-corrected chi connectivity index (χ0v) is 21.5. The monoisotopic (exact) mass is 467 g/mol. The lowest BCUT2D eigenvalue weighted by molar-refractivity contribution is 0.508. The molecule has 3 aromatic heterocycles. The Bertz CT molecular complexity index is 1060. The number of nitrogens with zero attached hydrogens (tertiary/aromatic N) is 4. The molecule has 0 aliphatic rings. The summed E-state index contributed by atoms with van der Waals surface area (Å²) in [5.41, 5.74) is 19.8. The normalized spacial score (nSPS) is 11.8. The molecule has 0 amide bonds. The topological polar surface area (TPSA) is 158 Å². The van der Waals surface area contributed by atoms with Gasteiger partial charge in [-0.15, -0.1) is 0 Å². The Morgan fingerprint density at radius 1 is 1.09 bits per heavy atom. The van der Waals surface area contributed by atoms with E-state index in [9.17, 15) is 0 Å². The van der Waals surface area contributed by atoms with Crippen LogP contribution in [0, 0.1) is 5.92 Å². The Labute approximate surface area is 203 Å². The van der Waals surface area contributed by atoms with Crippen LogP contribution in [0.3, 0.4) is 0 Å². The van der Waals surface area contributed by atoms with Gasteiger partial charge in [-0.05, 0) is 48.1 Å². The van der Waals surface area contributed by atoms with Gasteiger partial charge in [-0.1, -0.05) is 41.0 Å². The van der Waals surface area contributed by atoms with Gasteiger partial charge in [0, 0.05) is 37.1 Å². The van der Waals surface area contributed by atoms with Crippen LogP contribution < -0.4 is 28.4 Å². The van der Waals surface area contributed by atoms with Crippen LogP contribution in [0.5, 0.6) is 0 Å². The van der Waals surface area contributed by atoms with Gasteiger partial charge in [-0.3, -0.25) is 0 Å². The Morgan fingerprint density at radius 2 is 1.68 bits per heavy atom. The van der Waals surface area contributed by atoms with E-state index in [1.165, 1.54) is 17.6 Å². The third-order valence-electron chi connectivity index (χ3n) is 4.11. The maximum absolute atomic E-state index is 6.08.